The number of hydrogen-bond donors (Lipinski definition) is 2. The summed E-state index contributed by atoms with van der Waals surface area (Å²) in [5.74, 6) is -1.67. The van der Waals surface area contributed by atoms with Gasteiger partial charge in [0.2, 0.25) is 15.9 Å². The molecule has 1 saturated heterocycles. The Bertz CT molecular complexity index is 489. The Morgan fingerprint density at radius 3 is 2.48 bits per heavy atom. The molecule has 0 aliphatic carbocycles. The Morgan fingerprint density at radius 1 is 1.38 bits per heavy atom. The Morgan fingerprint density at radius 2 is 2.00 bits per heavy atom. The molecule has 1 aliphatic heterocycles. The SMILES string of the molecule is CC(C)CC(NS(C)(=O)=O)C(=O)N1CCC[C@H](C(=O)O)C1. The first-order chi connectivity index (χ1) is 9.60. The van der Waals surface area contributed by atoms with E-state index in [4.69, 9.17) is 5.11 Å². The average molecular weight is 320 g/mol. The summed E-state index contributed by atoms with van der Waals surface area (Å²) in [6, 6.07) is -0.826. The number of carboxylic acid groups (broad SMARTS) is 1. The third kappa shape index (κ3) is 6.01. The minimum absolute atomic E-state index is 0.147. The number of hydrogen-bond acceptors (Lipinski definition) is 4. The molecule has 2 N–H and O–H groups in total. The first-order valence-electron chi connectivity index (χ1n) is 7.09. The van der Waals surface area contributed by atoms with Crippen LogP contribution < -0.4 is 4.72 Å². The zero-order chi connectivity index (χ0) is 16.2. The summed E-state index contributed by atoms with van der Waals surface area (Å²) in [4.78, 5) is 25.0. The number of sulfonamides is 1. The van der Waals surface area contributed by atoms with Gasteiger partial charge in [-0.25, -0.2) is 13.1 Å². The van der Waals surface area contributed by atoms with Crippen LogP contribution in [0.4, 0.5) is 0 Å². The molecule has 0 aromatic heterocycles. The lowest BCUT2D eigenvalue weighted by atomic mass is 9.96. The van der Waals surface area contributed by atoms with Gasteiger partial charge in [-0.15, -0.1) is 0 Å². The summed E-state index contributed by atoms with van der Waals surface area (Å²) in [5, 5.41) is 9.06. The highest BCUT2D eigenvalue weighted by molar-refractivity contribution is 7.88. The third-order valence-corrected chi connectivity index (χ3v) is 4.16. The van der Waals surface area contributed by atoms with Gasteiger partial charge in [-0.1, -0.05) is 13.8 Å². The average Bonchev–Trinajstić information content (AvgIpc) is 2.35. The lowest BCUT2D eigenvalue weighted by molar-refractivity contribution is -0.146. The quantitative estimate of drug-likeness (QED) is 0.731. The highest BCUT2D eigenvalue weighted by Crippen LogP contribution is 2.19. The lowest BCUT2D eigenvalue weighted by Crippen LogP contribution is -2.52. The first-order valence-corrected chi connectivity index (χ1v) is 8.98. The van der Waals surface area contributed by atoms with Gasteiger partial charge in [0.05, 0.1) is 12.2 Å². The maximum atomic E-state index is 12.5. The topological polar surface area (TPSA) is 104 Å². The van der Waals surface area contributed by atoms with Crippen molar-refractivity contribution >= 4 is 21.9 Å². The van der Waals surface area contributed by atoms with Crippen molar-refractivity contribution in [2.45, 2.75) is 39.2 Å². The lowest BCUT2D eigenvalue weighted by Gasteiger charge is -2.33. The molecule has 0 radical (unpaired) electrons. The van der Waals surface area contributed by atoms with Gasteiger partial charge in [-0.3, -0.25) is 9.59 Å². The van der Waals surface area contributed by atoms with Crippen LogP contribution in [0.3, 0.4) is 0 Å². The number of piperidine rings is 1. The fraction of sp³-hybridized carbons (Fsp3) is 0.846. The highest BCUT2D eigenvalue weighted by atomic mass is 32.2. The van der Waals surface area contributed by atoms with Crippen molar-refractivity contribution in [2.24, 2.45) is 11.8 Å². The van der Waals surface area contributed by atoms with E-state index in [2.05, 4.69) is 4.72 Å². The number of amides is 1. The first kappa shape index (κ1) is 17.9. The van der Waals surface area contributed by atoms with Gasteiger partial charge in [0.15, 0.2) is 0 Å². The largest absolute Gasteiger partial charge is 0.481 e. The molecule has 1 unspecified atom stereocenters. The van der Waals surface area contributed by atoms with E-state index in [9.17, 15) is 18.0 Å². The molecule has 1 aliphatic rings. The molecule has 1 rings (SSSR count). The monoisotopic (exact) mass is 320 g/mol. The van der Waals surface area contributed by atoms with Crippen LogP contribution in [-0.4, -0.2) is 55.7 Å². The minimum atomic E-state index is -3.50. The minimum Gasteiger partial charge on any atom is -0.481 e. The van der Waals surface area contributed by atoms with Gasteiger partial charge in [0, 0.05) is 13.1 Å². The summed E-state index contributed by atoms with van der Waals surface area (Å²) < 4.78 is 25.2. The molecule has 7 nitrogen and oxygen atoms in total. The molecule has 21 heavy (non-hydrogen) atoms. The smallest absolute Gasteiger partial charge is 0.308 e. The van der Waals surface area contributed by atoms with E-state index in [1.165, 1.54) is 4.90 Å². The summed E-state index contributed by atoms with van der Waals surface area (Å²) in [6.45, 7) is 4.43. The number of carboxylic acids is 1. The second kappa shape index (κ2) is 7.22. The number of rotatable bonds is 6. The molecule has 0 saturated carbocycles. The van der Waals surface area contributed by atoms with E-state index in [-0.39, 0.29) is 18.4 Å². The number of carbonyl (C=O) groups is 2. The normalized spacial score (nSPS) is 21.3. The molecular formula is C13H24N2O5S. The number of nitrogens with one attached hydrogen (secondary N) is 1. The van der Waals surface area contributed by atoms with Crippen LogP contribution >= 0.6 is 0 Å². The molecule has 122 valence electrons. The third-order valence-electron chi connectivity index (χ3n) is 3.44. The van der Waals surface area contributed by atoms with Crippen LogP contribution in [0.25, 0.3) is 0 Å². The maximum Gasteiger partial charge on any atom is 0.308 e. The zero-order valence-corrected chi connectivity index (χ0v) is 13.5. The zero-order valence-electron chi connectivity index (χ0n) is 12.7. The Balaban J connectivity index is 2.81. The predicted octanol–water partition coefficient (Wildman–Crippen LogP) is 0.274. The summed E-state index contributed by atoms with van der Waals surface area (Å²) in [7, 11) is -3.50. The van der Waals surface area contributed by atoms with E-state index >= 15 is 0 Å². The van der Waals surface area contributed by atoms with Crippen molar-refractivity contribution in [3.63, 3.8) is 0 Å². The summed E-state index contributed by atoms with van der Waals surface area (Å²) >= 11 is 0. The molecule has 8 heteroatoms. The Labute approximate surface area is 125 Å². The van der Waals surface area contributed by atoms with Gasteiger partial charge in [-0.05, 0) is 25.2 Å². The number of nitrogens with zero attached hydrogens (tertiary/aromatic N) is 1. The van der Waals surface area contributed by atoms with Crippen molar-refractivity contribution in [1.82, 2.24) is 9.62 Å². The highest BCUT2D eigenvalue weighted by Gasteiger charge is 2.33. The van der Waals surface area contributed by atoms with Gasteiger partial charge >= 0.3 is 5.97 Å². The van der Waals surface area contributed by atoms with Crippen LogP contribution in [-0.2, 0) is 19.6 Å². The van der Waals surface area contributed by atoms with Crippen LogP contribution in [0.15, 0.2) is 0 Å². The predicted molar refractivity (Wildman–Crippen MR) is 78.2 cm³/mol. The van der Waals surface area contributed by atoms with Crippen molar-refractivity contribution in [2.75, 3.05) is 19.3 Å². The fourth-order valence-corrected chi connectivity index (χ4v) is 3.24. The second-order valence-corrected chi connectivity index (χ2v) is 7.81. The summed E-state index contributed by atoms with van der Waals surface area (Å²) in [5.41, 5.74) is 0. The van der Waals surface area contributed by atoms with Crippen LogP contribution in [0.1, 0.15) is 33.1 Å². The molecular weight excluding hydrogens is 296 g/mol. The van der Waals surface area contributed by atoms with Gasteiger partial charge in [0.1, 0.15) is 6.04 Å². The van der Waals surface area contributed by atoms with Crippen LogP contribution in [0.2, 0.25) is 0 Å². The molecule has 1 fully saturated rings. The fourth-order valence-electron chi connectivity index (χ4n) is 2.53. The number of carbonyl (C=O) groups excluding carboxylic acids is 1. The van der Waals surface area contributed by atoms with Crippen molar-refractivity contribution in [3.8, 4) is 0 Å². The van der Waals surface area contributed by atoms with Gasteiger partial charge in [0.25, 0.3) is 0 Å². The van der Waals surface area contributed by atoms with Crippen molar-refractivity contribution in [1.29, 1.82) is 0 Å². The van der Waals surface area contributed by atoms with Crippen molar-refractivity contribution in [3.05, 3.63) is 0 Å². The molecule has 0 aromatic carbocycles. The van der Waals surface area contributed by atoms with Gasteiger partial charge in [-0.2, -0.15) is 0 Å². The molecule has 2 atom stereocenters. The Hall–Kier alpha value is -1.15. The maximum absolute atomic E-state index is 12.5. The van der Waals surface area contributed by atoms with Crippen molar-refractivity contribution < 1.29 is 23.1 Å². The standard InChI is InChI=1S/C13H24N2O5S/c1-9(2)7-11(14-21(3,19)20)12(16)15-6-4-5-10(8-15)13(17)18/h9-11,14H,4-8H2,1-3H3,(H,17,18)/t10-,11?/m0/s1. The number of likely N-dealkylation sites (tertiary alicyclic amines) is 1. The molecule has 0 spiro atoms. The molecule has 0 aromatic rings. The van der Waals surface area contributed by atoms with E-state index in [1.54, 1.807) is 0 Å². The van der Waals surface area contributed by atoms with Crippen LogP contribution in [0.5, 0.6) is 0 Å². The molecule has 0 bridgehead atoms. The van der Waals surface area contributed by atoms with Crippen LogP contribution in [0, 0.1) is 11.8 Å². The molecule has 1 amide bonds. The van der Waals surface area contributed by atoms with E-state index < -0.39 is 28.0 Å². The van der Waals surface area contributed by atoms with E-state index in [1.807, 2.05) is 13.8 Å². The molecule has 1 heterocycles. The Kier molecular flexibility index (Phi) is 6.15. The van der Waals surface area contributed by atoms with E-state index in [0.29, 0.717) is 25.8 Å². The number of aliphatic carboxylic acids is 1. The van der Waals surface area contributed by atoms with E-state index in [0.717, 1.165) is 6.26 Å². The second-order valence-electron chi connectivity index (χ2n) is 6.03. The summed E-state index contributed by atoms with van der Waals surface area (Å²) in [6.07, 6.45) is 2.58. The van der Waals surface area contributed by atoms with Gasteiger partial charge < -0.3 is 10.0 Å².